The summed E-state index contributed by atoms with van der Waals surface area (Å²) in [7, 11) is 0. The number of hydrogen-bond acceptors (Lipinski definition) is 10. The fourth-order valence-electron chi connectivity index (χ4n) is 2.78. The summed E-state index contributed by atoms with van der Waals surface area (Å²) in [6, 6.07) is 0. The molecule has 2 aromatic rings. The molecule has 0 radical (unpaired) electrons. The van der Waals surface area contributed by atoms with Gasteiger partial charge in [0.25, 0.3) is 0 Å². The van der Waals surface area contributed by atoms with Crippen molar-refractivity contribution in [2.24, 2.45) is 0 Å². The van der Waals surface area contributed by atoms with Gasteiger partial charge in [0.05, 0.1) is 24.8 Å². The Morgan fingerprint density at radius 2 is 2.19 bits per heavy atom. The first-order chi connectivity index (χ1) is 13.0. The Morgan fingerprint density at radius 3 is 2.96 bits per heavy atom. The second-order valence-electron chi connectivity index (χ2n) is 6.22. The van der Waals surface area contributed by atoms with E-state index in [1.54, 1.807) is 0 Å². The van der Waals surface area contributed by atoms with E-state index in [0.717, 1.165) is 12.8 Å². The molecule has 0 saturated carbocycles. The Labute approximate surface area is 160 Å². The molecule has 27 heavy (non-hydrogen) atoms. The van der Waals surface area contributed by atoms with Gasteiger partial charge < -0.3 is 25.4 Å². The number of nitrogens with zero attached hydrogens (tertiary/aromatic N) is 4. The SMILES string of the molecule is CCCCOC(=O)CSC[C@H]1O[C@@H](n2cnc3c(N)ncnc32)[C@H](O)[C@@H]1O. The van der Waals surface area contributed by atoms with Crippen LogP contribution in [-0.2, 0) is 14.3 Å². The van der Waals surface area contributed by atoms with Crippen molar-refractivity contribution in [1.82, 2.24) is 19.5 Å². The molecule has 0 amide bonds. The van der Waals surface area contributed by atoms with Gasteiger partial charge in [-0.2, -0.15) is 0 Å². The van der Waals surface area contributed by atoms with Gasteiger partial charge >= 0.3 is 5.97 Å². The van der Waals surface area contributed by atoms with Crippen molar-refractivity contribution >= 4 is 34.7 Å². The predicted molar refractivity (Wildman–Crippen MR) is 98.9 cm³/mol. The predicted octanol–water partition coefficient (Wildman–Crippen LogP) is 0.104. The van der Waals surface area contributed by atoms with Crippen molar-refractivity contribution in [2.45, 2.75) is 44.3 Å². The van der Waals surface area contributed by atoms with Crippen LogP contribution >= 0.6 is 11.8 Å². The molecule has 4 atom stereocenters. The van der Waals surface area contributed by atoms with E-state index >= 15 is 0 Å². The number of ether oxygens (including phenoxy) is 2. The third kappa shape index (κ3) is 4.32. The van der Waals surface area contributed by atoms with Crippen molar-refractivity contribution < 1.29 is 24.5 Å². The molecule has 0 spiro atoms. The van der Waals surface area contributed by atoms with E-state index in [9.17, 15) is 15.0 Å². The molecule has 11 heteroatoms. The molecular weight excluding hydrogens is 374 g/mol. The lowest BCUT2D eigenvalue weighted by atomic mass is 10.1. The average molecular weight is 397 g/mol. The third-order valence-corrected chi connectivity index (χ3v) is 5.27. The van der Waals surface area contributed by atoms with Crippen LogP contribution in [0.2, 0.25) is 0 Å². The zero-order valence-electron chi connectivity index (χ0n) is 14.9. The van der Waals surface area contributed by atoms with Gasteiger partial charge in [0, 0.05) is 5.75 Å². The minimum absolute atomic E-state index is 0.162. The quantitative estimate of drug-likeness (QED) is 0.414. The first-order valence-electron chi connectivity index (χ1n) is 8.71. The second-order valence-corrected chi connectivity index (χ2v) is 7.25. The molecule has 1 saturated heterocycles. The summed E-state index contributed by atoms with van der Waals surface area (Å²) in [5.74, 6) is 0.419. The van der Waals surface area contributed by atoms with Crippen molar-refractivity contribution in [2.75, 3.05) is 23.8 Å². The smallest absolute Gasteiger partial charge is 0.315 e. The summed E-state index contributed by atoms with van der Waals surface area (Å²) < 4.78 is 12.4. The molecule has 0 aromatic carbocycles. The molecular formula is C16H23N5O5S. The molecule has 3 heterocycles. The summed E-state index contributed by atoms with van der Waals surface area (Å²) in [6.07, 6.45) is 0.762. The van der Waals surface area contributed by atoms with E-state index in [1.165, 1.54) is 29.0 Å². The average Bonchev–Trinajstić information content (AvgIpc) is 3.19. The first-order valence-corrected chi connectivity index (χ1v) is 9.86. The van der Waals surface area contributed by atoms with Crippen molar-refractivity contribution in [1.29, 1.82) is 0 Å². The monoisotopic (exact) mass is 397 g/mol. The standard InChI is InChI=1S/C16H23N5O5S/c1-2-3-4-25-10(22)6-27-5-9-12(23)13(24)16(26-9)21-8-20-11-14(17)18-7-19-15(11)21/h7-9,12-13,16,23-24H,2-6H2,1H3,(H2,17,18,19)/t9-,12-,13-,16-/m1/s1. The van der Waals surface area contributed by atoms with Gasteiger partial charge in [-0.25, -0.2) is 15.0 Å². The molecule has 1 aliphatic rings. The van der Waals surface area contributed by atoms with Crippen LogP contribution in [0.15, 0.2) is 12.7 Å². The topological polar surface area (TPSA) is 146 Å². The fraction of sp³-hybridized carbons (Fsp3) is 0.625. The maximum atomic E-state index is 11.6. The van der Waals surface area contributed by atoms with Crippen LogP contribution in [0.4, 0.5) is 5.82 Å². The van der Waals surface area contributed by atoms with Crippen LogP contribution in [0.25, 0.3) is 11.2 Å². The fourth-order valence-corrected chi connectivity index (χ4v) is 3.66. The zero-order valence-corrected chi connectivity index (χ0v) is 15.7. The highest BCUT2D eigenvalue weighted by Gasteiger charge is 2.44. The minimum atomic E-state index is -1.17. The minimum Gasteiger partial charge on any atom is -0.465 e. The Morgan fingerprint density at radius 1 is 1.37 bits per heavy atom. The van der Waals surface area contributed by atoms with Crippen LogP contribution in [0.3, 0.4) is 0 Å². The lowest BCUT2D eigenvalue weighted by molar-refractivity contribution is -0.140. The van der Waals surface area contributed by atoms with Crippen LogP contribution in [0, 0.1) is 0 Å². The first kappa shape index (κ1) is 19.8. The van der Waals surface area contributed by atoms with E-state index in [2.05, 4.69) is 15.0 Å². The number of unbranched alkanes of at least 4 members (excludes halogenated alkanes) is 1. The number of aromatic nitrogens is 4. The third-order valence-electron chi connectivity index (χ3n) is 4.26. The molecule has 2 aromatic heterocycles. The molecule has 10 nitrogen and oxygen atoms in total. The van der Waals surface area contributed by atoms with Crippen LogP contribution in [-0.4, -0.2) is 72.1 Å². The van der Waals surface area contributed by atoms with Gasteiger partial charge in [-0.05, 0) is 6.42 Å². The molecule has 148 valence electrons. The van der Waals surface area contributed by atoms with Crippen molar-refractivity contribution in [3.63, 3.8) is 0 Å². The number of aliphatic hydroxyl groups is 2. The van der Waals surface area contributed by atoms with Gasteiger partial charge in [-0.3, -0.25) is 9.36 Å². The molecule has 0 unspecified atom stereocenters. The van der Waals surface area contributed by atoms with Gasteiger partial charge in [0.15, 0.2) is 17.7 Å². The molecule has 4 N–H and O–H groups in total. The van der Waals surface area contributed by atoms with E-state index in [-0.39, 0.29) is 17.5 Å². The number of carbonyl (C=O) groups is 1. The number of fused-ring (bicyclic) bond motifs is 1. The molecule has 0 bridgehead atoms. The van der Waals surface area contributed by atoms with Crippen LogP contribution < -0.4 is 5.73 Å². The molecule has 1 fully saturated rings. The van der Waals surface area contributed by atoms with Gasteiger partial charge in [-0.15, -0.1) is 11.8 Å². The van der Waals surface area contributed by atoms with E-state index in [0.29, 0.717) is 23.5 Å². The second kappa shape index (κ2) is 8.83. The highest BCUT2D eigenvalue weighted by atomic mass is 32.2. The summed E-state index contributed by atoms with van der Waals surface area (Å²) in [6.45, 7) is 2.44. The highest BCUT2D eigenvalue weighted by Crippen LogP contribution is 2.33. The van der Waals surface area contributed by atoms with E-state index in [1.807, 2.05) is 6.92 Å². The lowest BCUT2D eigenvalue weighted by Gasteiger charge is -2.16. The maximum Gasteiger partial charge on any atom is 0.315 e. The Bertz CT molecular complexity index is 788. The number of esters is 1. The summed E-state index contributed by atoms with van der Waals surface area (Å²) in [5, 5.41) is 20.7. The van der Waals surface area contributed by atoms with E-state index in [4.69, 9.17) is 15.2 Å². The van der Waals surface area contributed by atoms with Crippen LogP contribution in [0.5, 0.6) is 0 Å². The van der Waals surface area contributed by atoms with Gasteiger partial charge in [0.1, 0.15) is 24.1 Å². The number of nitrogen functional groups attached to an aromatic ring is 1. The zero-order chi connectivity index (χ0) is 19.4. The van der Waals surface area contributed by atoms with E-state index < -0.39 is 24.5 Å². The summed E-state index contributed by atoms with van der Waals surface area (Å²) >= 11 is 1.29. The number of hydrogen-bond donors (Lipinski definition) is 3. The summed E-state index contributed by atoms with van der Waals surface area (Å²) in [4.78, 5) is 23.8. The largest absolute Gasteiger partial charge is 0.465 e. The van der Waals surface area contributed by atoms with Gasteiger partial charge in [0.2, 0.25) is 0 Å². The number of anilines is 1. The van der Waals surface area contributed by atoms with Gasteiger partial charge in [-0.1, -0.05) is 13.3 Å². The molecule has 0 aliphatic carbocycles. The van der Waals surface area contributed by atoms with Crippen molar-refractivity contribution in [3.05, 3.63) is 12.7 Å². The number of aliphatic hydroxyl groups excluding tert-OH is 2. The Kier molecular flexibility index (Phi) is 6.47. The number of carbonyl (C=O) groups excluding carboxylic acids is 1. The molecule has 3 rings (SSSR count). The molecule has 1 aliphatic heterocycles. The summed E-state index contributed by atoms with van der Waals surface area (Å²) in [5.41, 5.74) is 6.58. The van der Waals surface area contributed by atoms with Crippen LogP contribution in [0.1, 0.15) is 26.0 Å². The normalized spacial score (nSPS) is 25.1. The highest BCUT2D eigenvalue weighted by molar-refractivity contribution is 7.99. The maximum absolute atomic E-state index is 11.6. The Hall–Kier alpha value is -1.95. The number of rotatable bonds is 8. The van der Waals surface area contributed by atoms with Crippen molar-refractivity contribution in [3.8, 4) is 0 Å². The lowest BCUT2D eigenvalue weighted by Crippen LogP contribution is -2.32. The number of nitrogens with two attached hydrogens (primary N) is 1. The Balaban J connectivity index is 1.59. The number of thioether (sulfide) groups is 1. The number of imidazole rings is 1.